The fourth-order valence-corrected chi connectivity index (χ4v) is 2.26. The molecule has 0 amide bonds. The van der Waals surface area contributed by atoms with Crippen LogP contribution in [0.1, 0.15) is 12.8 Å². The second-order valence-corrected chi connectivity index (χ2v) is 4.05. The zero-order chi connectivity index (χ0) is 11.4. The third-order valence-electron chi connectivity index (χ3n) is 3.16. The van der Waals surface area contributed by atoms with Gasteiger partial charge in [-0.2, -0.15) is 0 Å². The molecule has 1 aliphatic rings. The zero-order valence-electron chi connectivity index (χ0n) is 9.17. The lowest BCUT2D eigenvalue weighted by Crippen LogP contribution is -2.45. The smallest absolute Gasteiger partial charge is 0.160 e. The van der Waals surface area contributed by atoms with Crippen LogP contribution in [-0.4, -0.2) is 54.6 Å². The lowest BCUT2D eigenvalue weighted by molar-refractivity contribution is -0.182. The lowest BCUT2D eigenvalue weighted by Gasteiger charge is -2.39. The van der Waals surface area contributed by atoms with E-state index in [1.54, 1.807) is 0 Å². The minimum Gasteiger partial charge on any atom is -0.396 e. The van der Waals surface area contributed by atoms with Crippen LogP contribution in [0.5, 0.6) is 0 Å². The summed E-state index contributed by atoms with van der Waals surface area (Å²) in [5.41, 5.74) is 0. The Labute approximate surface area is 89.6 Å². The quantitative estimate of drug-likeness (QED) is 0.548. The Morgan fingerprint density at radius 3 is 2.13 bits per heavy atom. The molecule has 5 heteroatoms. The van der Waals surface area contributed by atoms with Gasteiger partial charge >= 0.3 is 0 Å². The number of ether oxygens (including phenoxy) is 2. The highest BCUT2D eigenvalue weighted by Gasteiger charge is 2.39. The summed E-state index contributed by atoms with van der Waals surface area (Å²) in [5.74, 6) is -0.170. The fourth-order valence-electron chi connectivity index (χ4n) is 2.26. The zero-order valence-corrected chi connectivity index (χ0v) is 9.17. The van der Waals surface area contributed by atoms with E-state index in [-0.39, 0.29) is 18.4 Å². The van der Waals surface area contributed by atoms with E-state index in [2.05, 4.69) is 0 Å². The van der Waals surface area contributed by atoms with E-state index in [9.17, 15) is 15.3 Å². The molecule has 0 aromatic carbocycles. The molecule has 1 saturated carbocycles. The van der Waals surface area contributed by atoms with Gasteiger partial charge < -0.3 is 24.8 Å². The summed E-state index contributed by atoms with van der Waals surface area (Å²) in [4.78, 5) is 0. The van der Waals surface area contributed by atoms with E-state index in [1.165, 1.54) is 14.2 Å². The van der Waals surface area contributed by atoms with Crippen molar-refractivity contribution in [2.45, 2.75) is 31.3 Å². The Balaban J connectivity index is 2.67. The summed E-state index contributed by atoms with van der Waals surface area (Å²) in [6, 6.07) is 0. The van der Waals surface area contributed by atoms with Crippen molar-refractivity contribution in [3.63, 3.8) is 0 Å². The van der Waals surface area contributed by atoms with Gasteiger partial charge in [0.05, 0.1) is 12.2 Å². The maximum atomic E-state index is 9.56. The van der Waals surface area contributed by atoms with Crippen molar-refractivity contribution in [3.05, 3.63) is 0 Å². The van der Waals surface area contributed by atoms with Crippen LogP contribution in [0.15, 0.2) is 0 Å². The third-order valence-corrected chi connectivity index (χ3v) is 3.16. The van der Waals surface area contributed by atoms with Crippen LogP contribution in [0.4, 0.5) is 0 Å². The molecular formula is C10H20O5. The average molecular weight is 220 g/mol. The van der Waals surface area contributed by atoms with Crippen molar-refractivity contribution in [2.75, 3.05) is 20.8 Å². The van der Waals surface area contributed by atoms with Crippen molar-refractivity contribution in [1.29, 1.82) is 0 Å². The first kappa shape index (κ1) is 12.9. The number of aliphatic hydroxyl groups is 3. The predicted octanol–water partition coefficient (Wildman–Crippen LogP) is -0.654. The van der Waals surface area contributed by atoms with Crippen molar-refractivity contribution in [2.24, 2.45) is 11.8 Å². The van der Waals surface area contributed by atoms with E-state index < -0.39 is 18.5 Å². The van der Waals surface area contributed by atoms with Crippen LogP contribution in [0, 0.1) is 11.8 Å². The van der Waals surface area contributed by atoms with Gasteiger partial charge in [-0.3, -0.25) is 0 Å². The van der Waals surface area contributed by atoms with Gasteiger partial charge in [0.25, 0.3) is 0 Å². The Bertz CT molecular complexity index is 183. The van der Waals surface area contributed by atoms with Crippen molar-refractivity contribution >= 4 is 0 Å². The molecular weight excluding hydrogens is 200 g/mol. The first-order valence-corrected chi connectivity index (χ1v) is 5.16. The van der Waals surface area contributed by atoms with E-state index in [1.807, 2.05) is 0 Å². The number of hydrogen-bond acceptors (Lipinski definition) is 5. The molecule has 0 aromatic rings. The minimum absolute atomic E-state index is 0.0301. The average Bonchev–Trinajstić information content (AvgIpc) is 2.24. The molecule has 4 atom stereocenters. The molecule has 0 saturated heterocycles. The molecule has 0 aromatic heterocycles. The van der Waals surface area contributed by atoms with Crippen molar-refractivity contribution < 1.29 is 24.8 Å². The summed E-state index contributed by atoms with van der Waals surface area (Å²) in [6.45, 7) is -0.0301. The third kappa shape index (κ3) is 2.89. The summed E-state index contributed by atoms with van der Waals surface area (Å²) >= 11 is 0. The number of aliphatic hydroxyl groups excluding tert-OH is 3. The monoisotopic (exact) mass is 220 g/mol. The molecule has 0 unspecified atom stereocenters. The molecule has 5 nitrogen and oxygen atoms in total. The normalized spacial score (nSPS) is 37.2. The Hall–Kier alpha value is -0.200. The molecule has 3 N–H and O–H groups in total. The SMILES string of the molecule is COC(OC)[C@@H]1C[C@H](O)[C@H](O)C[C@@H]1CO. The standard InChI is InChI=1S/C10H20O5/c1-14-10(15-2)7-4-9(13)8(12)3-6(7)5-11/h6-13H,3-5H2,1-2H3/t6-,7-,8-,9+/m1/s1. The van der Waals surface area contributed by atoms with Crippen LogP contribution >= 0.6 is 0 Å². The molecule has 0 aliphatic heterocycles. The fraction of sp³-hybridized carbons (Fsp3) is 1.00. The topological polar surface area (TPSA) is 79.2 Å². The van der Waals surface area contributed by atoms with Gasteiger partial charge in [-0.05, 0) is 18.8 Å². The molecule has 1 aliphatic carbocycles. The maximum absolute atomic E-state index is 9.56. The van der Waals surface area contributed by atoms with Crippen LogP contribution in [-0.2, 0) is 9.47 Å². The van der Waals surface area contributed by atoms with Crippen molar-refractivity contribution in [3.8, 4) is 0 Å². The van der Waals surface area contributed by atoms with E-state index >= 15 is 0 Å². The Morgan fingerprint density at radius 1 is 1.13 bits per heavy atom. The van der Waals surface area contributed by atoms with Gasteiger partial charge in [0.1, 0.15) is 0 Å². The molecule has 15 heavy (non-hydrogen) atoms. The maximum Gasteiger partial charge on any atom is 0.160 e. The van der Waals surface area contributed by atoms with Crippen LogP contribution < -0.4 is 0 Å². The molecule has 0 radical (unpaired) electrons. The molecule has 0 bridgehead atoms. The predicted molar refractivity (Wildman–Crippen MR) is 53.1 cm³/mol. The molecule has 1 fully saturated rings. The number of rotatable bonds is 4. The van der Waals surface area contributed by atoms with Gasteiger partial charge in [-0.15, -0.1) is 0 Å². The van der Waals surface area contributed by atoms with Crippen LogP contribution in [0.25, 0.3) is 0 Å². The minimum atomic E-state index is -0.759. The van der Waals surface area contributed by atoms with E-state index in [0.29, 0.717) is 12.8 Å². The highest BCUT2D eigenvalue weighted by molar-refractivity contribution is 4.86. The van der Waals surface area contributed by atoms with Gasteiger partial charge in [0, 0.05) is 26.7 Å². The molecule has 90 valence electrons. The van der Waals surface area contributed by atoms with E-state index in [0.717, 1.165) is 0 Å². The van der Waals surface area contributed by atoms with Crippen molar-refractivity contribution in [1.82, 2.24) is 0 Å². The van der Waals surface area contributed by atoms with E-state index in [4.69, 9.17) is 9.47 Å². The first-order valence-electron chi connectivity index (χ1n) is 5.16. The molecule has 1 rings (SSSR count). The number of hydrogen-bond donors (Lipinski definition) is 3. The Morgan fingerprint density at radius 2 is 1.67 bits per heavy atom. The first-order chi connectivity index (χ1) is 7.13. The van der Waals surface area contributed by atoms with Gasteiger partial charge in [-0.1, -0.05) is 0 Å². The summed E-state index contributed by atoms with van der Waals surface area (Å²) in [6.07, 6.45) is -1.19. The molecule has 0 spiro atoms. The van der Waals surface area contributed by atoms with Gasteiger partial charge in [0.2, 0.25) is 0 Å². The molecule has 0 heterocycles. The number of methoxy groups -OCH3 is 2. The summed E-state index contributed by atoms with van der Waals surface area (Å²) in [7, 11) is 3.06. The largest absolute Gasteiger partial charge is 0.396 e. The second-order valence-electron chi connectivity index (χ2n) is 4.05. The van der Waals surface area contributed by atoms with Gasteiger partial charge in [-0.25, -0.2) is 0 Å². The highest BCUT2D eigenvalue weighted by atomic mass is 16.7. The lowest BCUT2D eigenvalue weighted by atomic mass is 9.76. The van der Waals surface area contributed by atoms with Gasteiger partial charge in [0.15, 0.2) is 6.29 Å². The summed E-state index contributed by atoms with van der Waals surface area (Å²) in [5, 5.41) is 28.2. The highest BCUT2D eigenvalue weighted by Crippen LogP contribution is 2.33. The van der Waals surface area contributed by atoms with Crippen LogP contribution in [0.3, 0.4) is 0 Å². The Kier molecular flexibility index (Phi) is 4.95. The van der Waals surface area contributed by atoms with Crippen LogP contribution in [0.2, 0.25) is 0 Å². The summed E-state index contributed by atoms with van der Waals surface area (Å²) < 4.78 is 10.3. The second kappa shape index (κ2) is 5.77.